The van der Waals surface area contributed by atoms with E-state index in [1.165, 1.54) is 18.3 Å². The molecule has 0 fully saturated rings. The summed E-state index contributed by atoms with van der Waals surface area (Å²) in [6.07, 6.45) is 1.45. The molecular formula is C10H6ClFN2OS. The molecule has 0 aliphatic rings. The van der Waals surface area contributed by atoms with E-state index in [2.05, 4.69) is 9.59 Å². The first-order valence-corrected chi connectivity index (χ1v) is 5.57. The van der Waals surface area contributed by atoms with Crippen molar-refractivity contribution in [1.82, 2.24) is 9.59 Å². The van der Waals surface area contributed by atoms with Crippen LogP contribution >= 0.6 is 23.1 Å². The molecule has 0 bridgehead atoms. The van der Waals surface area contributed by atoms with Gasteiger partial charge in [-0.25, -0.2) is 4.39 Å². The number of rotatable bonds is 3. The first kappa shape index (κ1) is 11.2. The number of Topliss-reactive ketones (excluding diaryl/α,β-unsaturated/α-hetero) is 1. The standard InChI is InChI=1S/C10H6ClFN2OS/c11-10-6(2-1-3-7(10)12)4-8(15)9-5-13-14-16-9/h1-3,5H,4H2. The van der Waals surface area contributed by atoms with Gasteiger partial charge in [-0.05, 0) is 23.2 Å². The number of nitrogens with zero attached hydrogens (tertiary/aromatic N) is 2. The van der Waals surface area contributed by atoms with Gasteiger partial charge < -0.3 is 0 Å². The predicted octanol–water partition coefficient (Wildman–Crippen LogP) is 2.76. The number of hydrogen-bond acceptors (Lipinski definition) is 4. The molecule has 0 atom stereocenters. The first-order chi connectivity index (χ1) is 7.68. The third kappa shape index (κ3) is 2.25. The number of benzene rings is 1. The van der Waals surface area contributed by atoms with E-state index in [4.69, 9.17) is 11.6 Å². The lowest BCUT2D eigenvalue weighted by Gasteiger charge is -2.02. The highest BCUT2D eigenvalue weighted by Crippen LogP contribution is 2.21. The molecule has 82 valence electrons. The Morgan fingerprint density at radius 3 is 3.00 bits per heavy atom. The van der Waals surface area contributed by atoms with Gasteiger partial charge in [-0.3, -0.25) is 4.79 Å². The Balaban J connectivity index is 2.22. The molecule has 16 heavy (non-hydrogen) atoms. The predicted molar refractivity (Wildman–Crippen MR) is 59.4 cm³/mol. The Hall–Kier alpha value is -1.33. The smallest absolute Gasteiger partial charge is 0.180 e. The van der Waals surface area contributed by atoms with Crippen LogP contribution in [0.25, 0.3) is 0 Å². The van der Waals surface area contributed by atoms with E-state index in [9.17, 15) is 9.18 Å². The molecule has 2 rings (SSSR count). The van der Waals surface area contributed by atoms with Crippen LogP contribution in [0.4, 0.5) is 4.39 Å². The first-order valence-electron chi connectivity index (χ1n) is 4.42. The summed E-state index contributed by atoms with van der Waals surface area (Å²) in [5, 5.41) is 3.56. The quantitative estimate of drug-likeness (QED) is 0.793. The third-order valence-corrected chi connectivity index (χ3v) is 3.15. The van der Waals surface area contributed by atoms with E-state index >= 15 is 0 Å². The lowest BCUT2D eigenvalue weighted by atomic mass is 10.1. The van der Waals surface area contributed by atoms with Crippen LogP contribution < -0.4 is 0 Å². The molecule has 0 saturated carbocycles. The average molecular weight is 257 g/mol. The molecule has 6 heteroatoms. The maximum Gasteiger partial charge on any atom is 0.180 e. The minimum atomic E-state index is -0.519. The van der Waals surface area contributed by atoms with Gasteiger partial charge in [0.05, 0.1) is 11.2 Å². The Labute approximate surface area is 100 Å². The number of aromatic nitrogens is 2. The maximum atomic E-state index is 13.1. The second-order valence-electron chi connectivity index (χ2n) is 3.09. The average Bonchev–Trinajstić information content (AvgIpc) is 2.78. The summed E-state index contributed by atoms with van der Waals surface area (Å²) in [6, 6.07) is 4.40. The summed E-state index contributed by atoms with van der Waals surface area (Å²) < 4.78 is 16.7. The molecule has 0 N–H and O–H groups in total. The minimum absolute atomic E-state index is 0.00618. The van der Waals surface area contributed by atoms with Crippen molar-refractivity contribution in [3.05, 3.63) is 45.7 Å². The molecule has 3 nitrogen and oxygen atoms in total. The molecule has 1 heterocycles. The molecule has 0 radical (unpaired) electrons. The van der Waals surface area contributed by atoms with E-state index in [-0.39, 0.29) is 17.2 Å². The number of halogens is 2. The van der Waals surface area contributed by atoms with Crippen LogP contribution in [0.5, 0.6) is 0 Å². The molecule has 0 aliphatic carbocycles. The van der Waals surface area contributed by atoms with E-state index < -0.39 is 5.82 Å². The number of ketones is 1. The van der Waals surface area contributed by atoms with Gasteiger partial charge in [0.15, 0.2) is 5.78 Å². The summed E-state index contributed by atoms with van der Waals surface area (Å²) in [7, 11) is 0. The van der Waals surface area contributed by atoms with Gasteiger partial charge in [0.25, 0.3) is 0 Å². The number of carbonyl (C=O) groups is 1. The lowest BCUT2D eigenvalue weighted by Crippen LogP contribution is -2.02. The van der Waals surface area contributed by atoms with Crippen molar-refractivity contribution >= 4 is 28.9 Å². The highest BCUT2D eigenvalue weighted by atomic mass is 35.5. The molecule has 0 spiro atoms. The molecule has 0 unspecified atom stereocenters. The second-order valence-corrected chi connectivity index (χ2v) is 4.26. The van der Waals surface area contributed by atoms with Crippen molar-refractivity contribution < 1.29 is 9.18 Å². The van der Waals surface area contributed by atoms with Gasteiger partial charge in [0.2, 0.25) is 0 Å². The summed E-state index contributed by atoms with van der Waals surface area (Å²) in [5.41, 5.74) is 0.472. The van der Waals surface area contributed by atoms with Crippen LogP contribution in [0.2, 0.25) is 5.02 Å². The Morgan fingerprint density at radius 2 is 2.31 bits per heavy atom. The highest BCUT2D eigenvalue weighted by Gasteiger charge is 2.13. The summed E-state index contributed by atoms with van der Waals surface area (Å²) in [6.45, 7) is 0. The van der Waals surface area contributed by atoms with Crippen LogP contribution in [0, 0.1) is 5.82 Å². The van der Waals surface area contributed by atoms with Crippen LogP contribution in [0.15, 0.2) is 24.4 Å². The van der Waals surface area contributed by atoms with Crippen molar-refractivity contribution in [2.45, 2.75) is 6.42 Å². The van der Waals surface area contributed by atoms with Crippen molar-refractivity contribution in [3.8, 4) is 0 Å². The molecule has 0 aliphatic heterocycles. The molecule has 2 aromatic rings. The number of carbonyl (C=O) groups excluding carboxylic acids is 1. The molecule has 1 aromatic carbocycles. The summed E-state index contributed by atoms with van der Waals surface area (Å²) >= 11 is 6.76. The van der Waals surface area contributed by atoms with E-state index in [0.717, 1.165) is 11.5 Å². The Kier molecular flexibility index (Phi) is 3.26. The van der Waals surface area contributed by atoms with Crippen molar-refractivity contribution in [1.29, 1.82) is 0 Å². The van der Waals surface area contributed by atoms with Crippen LogP contribution in [-0.4, -0.2) is 15.4 Å². The third-order valence-electron chi connectivity index (χ3n) is 2.02. The van der Waals surface area contributed by atoms with Crippen molar-refractivity contribution in [3.63, 3.8) is 0 Å². The van der Waals surface area contributed by atoms with Crippen molar-refractivity contribution in [2.75, 3.05) is 0 Å². The van der Waals surface area contributed by atoms with Gasteiger partial charge in [-0.15, -0.1) is 5.10 Å². The molecule has 0 amide bonds. The molecular weight excluding hydrogens is 251 g/mol. The number of hydrogen-bond donors (Lipinski definition) is 0. The topological polar surface area (TPSA) is 42.9 Å². The monoisotopic (exact) mass is 256 g/mol. The SMILES string of the molecule is O=C(Cc1cccc(F)c1Cl)c1cnns1. The Bertz CT molecular complexity index is 516. The molecule has 0 saturated heterocycles. The van der Waals surface area contributed by atoms with Gasteiger partial charge >= 0.3 is 0 Å². The summed E-state index contributed by atoms with van der Waals surface area (Å²) in [4.78, 5) is 12.1. The normalized spacial score (nSPS) is 10.4. The maximum absolute atomic E-state index is 13.1. The van der Waals surface area contributed by atoms with Gasteiger partial charge in [0, 0.05) is 6.42 Å². The van der Waals surface area contributed by atoms with E-state index in [1.54, 1.807) is 6.07 Å². The van der Waals surface area contributed by atoms with Crippen LogP contribution in [-0.2, 0) is 6.42 Å². The van der Waals surface area contributed by atoms with Gasteiger partial charge in [-0.2, -0.15) is 0 Å². The van der Waals surface area contributed by atoms with E-state index in [0.29, 0.717) is 10.4 Å². The fraction of sp³-hybridized carbons (Fsp3) is 0.100. The minimum Gasteiger partial charge on any atom is -0.293 e. The zero-order valence-corrected chi connectivity index (χ0v) is 9.56. The second kappa shape index (κ2) is 4.67. The largest absolute Gasteiger partial charge is 0.293 e. The fourth-order valence-corrected chi connectivity index (χ4v) is 1.88. The lowest BCUT2D eigenvalue weighted by molar-refractivity contribution is 0.0996. The highest BCUT2D eigenvalue weighted by molar-refractivity contribution is 7.07. The Morgan fingerprint density at radius 1 is 1.50 bits per heavy atom. The van der Waals surface area contributed by atoms with E-state index in [1.807, 2.05) is 0 Å². The van der Waals surface area contributed by atoms with Crippen LogP contribution in [0.1, 0.15) is 15.2 Å². The van der Waals surface area contributed by atoms with Crippen LogP contribution in [0.3, 0.4) is 0 Å². The van der Waals surface area contributed by atoms with Gasteiger partial charge in [-0.1, -0.05) is 28.2 Å². The summed E-state index contributed by atoms with van der Waals surface area (Å²) in [5.74, 6) is -0.683. The fourth-order valence-electron chi connectivity index (χ4n) is 1.24. The van der Waals surface area contributed by atoms with Crippen molar-refractivity contribution in [2.24, 2.45) is 0 Å². The zero-order valence-electron chi connectivity index (χ0n) is 7.98. The zero-order chi connectivity index (χ0) is 11.5. The molecule has 1 aromatic heterocycles. The van der Waals surface area contributed by atoms with Gasteiger partial charge in [0.1, 0.15) is 10.7 Å².